The third-order valence-corrected chi connectivity index (χ3v) is 4.50. The quantitative estimate of drug-likeness (QED) is 0.458. The summed E-state index contributed by atoms with van der Waals surface area (Å²) in [6.07, 6.45) is 0. The Kier molecular flexibility index (Phi) is 3.28. The number of fused-ring (bicyclic) bond motifs is 2. The van der Waals surface area contributed by atoms with Gasteiger partial charge in [-0.1, -0.05) is 60.2 Å². The van der Waals surface area contributed by atoms with Crippen molar-refractivity contribution in [1.82, 2.24) is 19.7 Å². The topological polar surface area (TPSA) is 43.6 Å². The standard InChI is InChI=1S/C22H16N4/c1-15-11-13-17(14-12-15)26-22-21(20(25-26)16-7-3-2-4-8-16)23-18-9-5-6-10-19(18)24-22/h2-14H,1H3. The number of benzene rings is 3. The average Bonchev–Trinajstić information content (AvgIpc) is 3.06. The lowest BCUT2D eigenvalue weighted by Crippen LogP contribution is -1.98. The van der Waals surface area contributed by atoms with Crippen LogP contribution in [0.3, 0.4) is 0 Å². The van der Waals surface area contributed by atoms with Gasteiger partial charge in [-0.3, -0.25) is 0 Å². The van der Waals surface area contributed by atoms with E-state index in [4.69, 9.17) is 15.1 Å². The van der Waals surface area contributed by atoms with Crippen LogP contribution in [0.5, 0.6) is 0 Å². The van der Waals surface area contributed by atoms with Crippen LogP contribution in [0.1, 0.15) is 5.56 Å². The number of hydrogen-bond acceptors (Lipinski definition) is 3. The van der Waals surface area contributed by atoms with Gasteiger partial charge in [-0.15, -0.1) is 0 Å². The molecule has 0 aliphatic rings. The molecule has 124 valence electrons. The molecule has 0 aliphatic carbocycles. The summed E-state index contributed by atoms with van der Waals surface area (Å²) in [4.78, 5) is 9.73. The van der Waals surface area contributed by atoms with Crippen molar-refractivity contribution < 1.29 is 0 Å². The van der Waals surface area contributed by atoms with Gasteiger partial charge in [0.05, 0.1) is 16.7 Å². The Morgan fingerprint density at radius 1 is 0.692 bits per heavy atom. The zero-order valence-corrected chi connectivity index (χ0v) is 14.3. The fourth-order valence-corrected chi connectivity index (χ4v) is 3.15. The second-order valence-corrected chi connectivity index (χ2v) is 6.35. The van der Waals surface area contributed by atoms with E-state index in [1.807, 2.05) is 47.1 Å². The Hall–Kier alpha value is -3.53. The Bertz CT molecular complexity index is 1220. The van der Waals surface area contributed by atoms with Crippen molar-refractivity contribution in [2.75, 3.05) is 0 Å². The van der Waals surface area contributed by atoms with Crippen LogP contribution in [0.4, 0.5) is 0 Å². The van der Waals surface area contributed by atoms with Crippen LogP contribution in [0.15, 0.2) is 78.9 Å². The van der Waals surface area contributed by atoms with Crippen molar-refractivity contribution >= 4 is 22.2 Å². The van der Waals surface area contributed by atoms with E-state index >= 15 is 0 Å². The number of para-hydroxylation sites is 2. The molecule has 0 atom stereocenters. The summed E-state index contributed by atoms with van der Waals surface area (Å²) in [6, 6.07) is 26.4. The maximum Gasteiger partial charge on any atom is 0.182 e. The Balaban J connectivity index is 1.87. The van der Waals surface area contributed by atoms with Crippen LogP contribution in [-0.4, -0.2) is 19.7 Å². The number of nitrogens with zero attached hydrogens (tertiary/aromatic N) is 4. The Morgan fingerprint density at radius 3 is 2.08 bits per heavy atom. The summed E-state index contributed by atoms with van der Waals surface area (Å²) in [5.74, 6) is 0. The third-order valence-electron chi connectivity index (χ3n) is 4.50. The molecule has 26 heavy (non-hydrogen) atoms. The molecule has 5 aromatic rings. The molecule has 2 aromatic heterocycles. The highest BCUT2D eigenvalue weighted by atomic mass is 15.3. The molecule has 0 fully saturated rings. The first-order valence-corrected chi connectivity index (χ1v) is 8.57. The van der Waals surface area contributed by atoms with E-state index in [0.29, 0.717) is 0 Å². The van der Waals surface area contributed by atoms with Gasteiger partial charge in [0, 0.05) is 5.56 Å². The predicted octanol–water partition coefficient (Wildman–Crippen LogP) is 4.94. The van der Waals surface area contributed by atoms with Gasteiger partial charge in [0.2, 0.25) is 0 Å². The first-order valence-electron chi connectivity index (χ1n) is 8.57. The van der Waals surface area contributed by atoms with Gasteiger partial charge < -0.3 is 0 Å². The molecule has 0 amide bonds. The van der Waals surface area contributed by atoms with E-state index < -0.39 is 0 Å². The summed E-state index contributed by atoms with van der Waals surface area (Å²) in [5.41, 5.74) is 7.40. The lowest BCUT2D eigenvalue weighted by molar-refractivity contribution is 0.902. The van der Waals surface area contributed by atoms with Crippen LogP contribution in [0.25, 0.3) is 39.1 Å². The summed E-state index contributed by atoms with van der Waals surface area (Å²) in [7, 11) is 0. The van der Waals surface area contributed by atoms with Crippen LogP contribution >= 0.6 is 0 Å². The SMILES string of the molecule is Cc1ccc(-n2nc(-c3ccccc3)c3nc4ccccc4nc32)cc1. The van der Waals surface area contributed by atoms with Crippen LogP contribution in [0, 0.1) is 6.92 Å². The summed E-state index contributed by atoms with van der Waals surface area (Å²) in [6.45, 7) is 2.08. The smallest absolute Gasteiger partial charge is 0.182 e. The minimum absolute atomic E-state index is 0.770. The van der Waals surface area contributed by atoms with Crippen molar-refractivity contribution in [1.29, 1.82) is 0 Å². The first-order chi connectivity index (χ1) is 12.8. The van der Waals surface area contributed by atoms with Crippen LogP contribution in [0.2, 0.25) is 0 Å². The average molecular weight is 336 g/mol. The fraction of sp³-hybridized carbons (Fsp3) is 0.0455. The van der Waals surface area contributed by atoms with Gasteiger partial charge in [-0.2, -0.15) is 5.10 Å². The lowest BCUT2D eigenvalue weighted by atomic mass is 10.1. The highest BCUT2D eigenvalue weighted by Crippen LogP contribution is 2.29. The normalized spacial score (nSPS) is 11.3. The molecule has 0 aliphatic heterocycles. The van der Waals surface area contributed by atoms with E-state index in [2.05, 4.69) is 43.3 Å². The van der Waals surface area contributed by atoms with Gasteiger partial charge in [-0.25, -0.2) is 14.6 Å². The van der Waals surface area contributed by atoms with Crippen molar-refractivity contribution in [3.63, 3.8) is 0 Å². The monoisotopic (exact) mass is 336 g/mol. The first kappa shape index (κ1) is 14.8. The zero-order chi connectivity index (χ0) is 17.5. The minimum atomic E-state index is 0.770. The zero-order valence-electron chi connectivity index (χ0n) is 14.3. The molecular formula is C22H16N4. The van der Waals surface area contributed by atoms with E-state index in [1.54, 1.807) is 0 Å². The van der Waals surface area contributed by atoms with Crippen molar-refractivity contribution in [3.05, 3.63) is 84.4 Å². The molecular weight excluding hydrogens is 320 g/mol. The van der Waals surface area contributed by atoms with Gasteiger partial charge in [-0.05, 0) is 31.2 Å². The summed E-state index contributed by atoms with van der Waals surface area (Å²) >= 11 is 0. The van der Waals surface area contributed by atoms with Crippen molar-refractivity contribution in [3.8, 4) is 16.9 Å². The highest BCUT2D eigenvalue weighted by Gasteiger charge is 2.17. The molecule has 4 nitrogen and oxygen atoms in total. The van der Waals surface area contributed by atoms with E-state index in [0.717, 1.165) is 39.1 Å². The van der Waals surface area contributed by atoms with Crippen LogP contribution < -0.4 is 0 Å². The van der Waals surface area contributed by atoms with E-state index in [9.17, 15) is 0 Å². The lowest BCUT2D eigenvalue weighted by Gasteiger charge is -2.03. The largest absolute Gasteiger partial charge is 0.240 e. The molecule has 0 bridgehead atoms. The molecule has 2 heterocycles. The van der Waals surface area contributed by atoms with E-state index in [-0.39, 0.29) is 0 Å². The molecule has 4 heteroatoms. The molecule has 0 saturated carbocycles. The molecule has 0 radical (unpaired) electrons. The number of aryl methyl sites for hydroxylation is 1. The number of rotatable bonds is 2. The number of aromatic nitrogens is 4. The highest BCUT2D eigenvalue weighted by molar-refractivity contribution is 5.93. The molecule has 0 N–H and O–H groups in total. The van der Waals surface area contributed by atoms with Gasteiger partial charge in [0.15, 0.2) is 5.65 Å². The van der Waals surface area contributed by atoms with Crippen molar-refractivity contribution in [2.24, 2.45) is 0 Å². The Morgan fingerprint density at radius 2 is 1.35 bits per heavy atom. The predicted molar refractivity (Wildman–Crippen MR) is 104 cm³/mol. The second kappa shape index (κ2) is 5.77. The molecule has 0 saturated heterocycles. The van der Waals surface area contributed by atoms with Gasteiger partial charge >= 0.3 is 0 Å². The number of hydrogen-bond donors (Lipinski definition) is 0. The minimum Gasteiger partial charge on any atom is -0.240 e. The summed E-state index contributed by atoms with van der Waals surface area (Å²) < 4.78 is 1.89. The van der Waals surface area contributed by atoms with Gasteiger partial charge in [0.1, 0.15) is 11.2 Å². The fourth-order valence-electron chi connectivity index (χ4n) is 3.15. The third kappa shape index (κ3) is 2.35. The summed E-state index contributed by atoms with van der Waals surface area (Å²) in [5, 5.41) is 4.87. The maximum absolute atomic E-state index is 4.87. The Labute approximate surface area is 150 Å². The van der Waals surface area contributed by atoms with Crippen LogP contribution in [-0.2, 0) is 0 Å². The van der Waals surface area contributed by atoms with E-state index in [1.165, 1.54) is 5.56 Å². The second-order valence-electron chi connectivity index (χ2n) is 6.35. The molecule has 5 rings (SSSR count). The molecule has 3 aromatic carbocycles. The molecule has 0 unspecified atom stereocenters. The van der Waals surface area contributed by atoms with Gasteiger partial charge in [0.25, 0.3) is 0 Å². The maximum atomic E-state index is 4.87. The molecule has 0 spiro atoms. The van der Waals surface area contributed by atoms with Crippen molar-refractivity contribution in [2.45, 2.75) is 6.92 Å².